The molecule has 0 aromatic heterocycles. The number of amides is 1. The summed E-state index contributed by atoms with van der Waals surface area (Å²) in [4.78, 5) is 10.5. The van der Waals surface area contributed by atoms with Crippen molar-refractivity contribution in [1.82, 2.24) is 0 Å². The summed E-state index contributed by atoms with van der Waals surface area (Å²) in [5, 5.41) is 0. The average molecular weight is 190 g/mol. The van der Waals surface area contributed by atoms with Crippen LogP contribution >= 0.6 is 11.8 Å². The molecule has 0 aromatic rings. The number of hydrogen-bond donors (Lipinski definition) is 2. The van der Waals surface area contributed by atoms with Gasteiger partial charge in [-0.15, -0.1) is 0 Å². The van der Waals surface area contributed by atoms with Gasteiger partial charge in [-0.25, -0.2) is 0 Å². The van der Waals surface area contributed by atoms with Gasteiger partial charge < -0.3 is 11.5 Å². The van der Waals surface area contributed by atoms with E-state index in [4.69, 9.17) is 11.5 Å². The largest absolute Gasteiger partial charge is 0.368 e. The summed E-state index contributed by atoms with van der Waals surface area (Å²) < 4.78 is 0. The molecule has 72 valence electrons. The molecule has 2 unspecified atom stereocenters. The van der Waals surface area contributed by atoms with Crippen LogP contribution in [0.15, 0.2) is 0 Å². The Morgan fingerprint density at radius 3 is 2.50 bits per heavy atom. The molecule has 4 N–H and O–H groups in total. The van der Waals surface area contributed by atoms with Gasteiger partial charge in [0.2, 0.25) is 5.91 Å². The van der Waals surface area contributed by atoms with E-state index in [1.165, 1.54) is 6.42 Å². The molecule has 0 saturated carbocycles. The topological polar surface area (TPSA) is 69.1 Å². The number of nitrogens with two attached hydrogens (primary N) is 2. The van der Waals surface area contributed by atoms with Crippen LogP contribution in [-0.4, -0.2) is 23.5 Å². The van der Waals surface area contributed by atoms with Crippen LogP contribution in [0.3, 0.4) is 0 Å². The van der Waals surface area contributed by atoms with Gasteiger partial charge >= 0.3 is 0 Å². The Kier molecular flexibility index (Phi) is 6.20. The molecule has 0 rings (SSSR count). The Labute approximate surface area is 78.3 Å². The van der Waals surface area contributed by atoms with Crippen LogP contribution in [0.5, 0.6) is 0 Å². The molecule has 0 spiro atoms. The molecule has 1 amide bonds. The van der Waals surface area contributed by atoms with Crippen molar-refractivity contribution in [3.8, 4) is 0 Å². The fourth-order valence-corrected chi connectivity index (χ4v) is 1.79. The molecule has 12 heavy (non-hydrogen) atoms. The second-order valence-corrected chi connectivity index (χ2v) is 4.13. The first kappa shape index (κ1) is 11.8. The highest BCUT2D eigenvalue weighted by Crippen LogP contribution is 2.11. The molecule has 0 bridgehead atoms. The van der Waals surface area contributed by atoms with Crippen molar-refractivity contribution >= 4 is 17.7 Å². The molecular formula is C8H18N2OS. The molecule has 0 aliphatic rings. The second kappa shape index (κ2) is 6.31. The van der Waals surface area contributed by atoms with Crippen molar-refractivity contribution in [1.29, 1.82) is 0 Å². The van der Waals surface area contributed by atoms with E-state index >= 15 is 0 Å². The Balaban J connectivity index is 3.37. The normalized spacial score (nSPS) is 15.6. The zero-order valence-corrected chi connectivity index (χ0v) is 8.56. The molecule has 4 heteroatoms. The Morgan fingerprint density at radius 1 is 1.50 bits per heavy atom. The summed E-state index contributed by atoms with van der Waals surface area (Å²) in [6.45, 7) is 4.34. The molecule has 0 aliphatic heterocycles. The van der Waals surface area contributed by atoms with E-state index in [1.54, 1.807) is 11.8 Å². The van der Waals surface area contributed by atoms with Crippen LogP contribution in [0, 0.1) is 5.92 Å². The maximum Gasteiger partial charge on any atom is 0.235 e. The maximum absolute atomic E-state index is 10.5. The lowest BCUT2D eigenvalue weighted by Gasteiger charge is -2.09. The van der Waals surface area contributed by atoms with Crippen LogP contribution < -0.4 is 11.5 Å². The zero-order chi connectivity index (χ0) is 9.56. The average Bonchev–Trinajstić information content (AvgIpc) is 2.03. The van der Waals surface area contributed by atoms with Gasteiger partial charge in [-0.2, -0.15) is 11.8 Å². The fourth-order valence-electron chi connectivity index (χ4n) is 0.596. The third-order valence-corrected chi connectivity index (χ3v) is 3.16. The standard InChI is InChI=1S/C8H18N2OS/c1-3-6(2)4-12-5-7(9)8(10)11/h6-7H,3-5,9H2,1-2H3,(H2,10,11). The maximum atomic E-state index is 10.5. The van der Waals surface area contributed by atoms with Gasteiger partial charge in [0, 0.05) is 5.75 Å². The number of carbonyl (C=O) groups excluding carboxylic acids is 1. The summed E-state index contributed by atoms with van der Waals surface area (Å²) >= 11 is 1.70. The van der Waals surface area contributed by atoms with E-state index in [0.29, 0.717) is 11.7 Å². The van der Waals surface area contributed by atoms with Crippen LogP contribution in [0.1, 0.15) is 20.3 Å². The number of hydrogen-bond acceptors (Lipinski definition) is 3. The monoisotopic (exact) mass is 190 g/mol. The highest BCUT2D eigenvalue weighted by molar-refractivity contribution is 7.99. The van der Waals surface area contributed by atoms with E-state index < -0.39 is 11.9 Å². The van der Waals surface area contributed by atoms with Gasteiger partial charge in [0.25, 0.3) is 0 Å². The van der Waals surface area contributed by atoms with Crippen molar-refractivity contribution in [3.05, 3.63) is 0 Å². The summed E-state index contributed by atoms with van der Waals surface area (Å²) in [6.07, 6.45) is 1.17. The Morgan fingerprint density at radius 2 is 2.08 bits per heavy atom. The van der Waals surface area contributed by atoms with Crippen molar-refractivity contribution in [2.24, 2.45) is 17.4 Å². The first-order valence-electron chi connectivity index (χ1n) is 4.20. The van der Waals surface area contributed by atoms with Crippen LogP contribution in [0.25, 0.3) is 0 Å². The third-order valence-electron chi connectivity index (χ3n) is 1.76. The van der Waals surface area contributed by atoms with Gasteiger partial charge in [-0.05, 0) is 11.7 Å². The van der Waals surface area contributed by atoms with Gasteiger partial charge in [0.1, 0.15) is 0 Å². The van der Waals surface area contributed by atoms with Gasteiger partial charge in [0.15, 0.2) is 0 Å². The second-order valence-electron chi connectivity index (χ2n) is 3.06. The summed E-state index contributed by atoms with van der Waals surface area (Å²) in [6, 6.07) is -0.487. The number of thioether (sulfide) groups is 1. The molecule has 0 aromatic carbocycles. The summed E-state index contributed by atoms with van der Waals surface area (Å²) in [7, 11) is 0. The lowest BCUT2D eigenvalue weighted by Crippen LogP contribution is -2.38. The number of primary amides is 1. The zero-order valence-electron chi connectivity index (χ0n) is 7.75. The minimum Gasteiger partial charge on any atom is -0.368 e. The van der Waals surface area contributed by atoms with Gasteiger partial charge in [-0.1, -0.05) is 20.3 Å². The highest BCUT2D eigenvalue weighted by atomic mass is 32.2. The van der Waals surface area contributed by atoms with E-state index in [1.807, 2.05) is 0 Å². The number of rotatable bonds is 6. The van der Waals surface area contributed by atoms with E-state index in [-0.39, 0.29) is 0 Å². The lowest BCUT2D eigenvalue weighted by molar-refractivity contribution is -0.118. The van der Waals surface area contributed by atoms with E-state index in [2.05, 4.69) is 13.8 Å². The summed E-state index contributed by atoms with van der Waals surface area (Å²) in [5.74, 6) is 1.97. The first-order valence-corrected chi connectivity index (χ1v) is 5.36. The smallest absolute Gasteiger partial charge is 0.235 e. The van der Waals surface area contributed by atoms with Gasteiger partial charge in [-0.3, -0.25) is 4.79 Å². The molecule has 0 saturated heterocycles. The fraction of sp³-hybridized carbons (Fsp3) is 0.875. The molecule has 0 heterocycles. The van der Waals surface area contributed by atoms with Crippen LogP contribution in [-0.2, 0) is 4.79 Å². The van der Waals surface area contributed by atoms with Crippen molar-refractivity contribution in [2.75, 3.05) is 11.5 Å². The van der Waals surface area contributed by atoms with E-state index in [0.717, 1.165) is 5.75 Å². The molecule has 0 aliphatic carbocycles. The third kappa shape index (κ3) is 5.43. The highest BCUT2D eigenvalue weighted by Gasteiger charge is 2.09. The van der Waals surface area contributed by atoms with E-state index in [9.17, 15) is 4.79 Å². The molecule has 3 nitrogen and oxygen atoms in total. The molecule has 0 fully saturated rings. The molecule has 2 atom stereocenters. The first-order chi connectivity index (χ1) is 5.57. The molecule has 0 radical (unpaired) electrons. The van der Waals surface area contributed by atoms with Crippen LogP contribution in [0.2, 0.25) is 0 Å². The predicted molar refractivity (Wildman–Crippen MR) is 53.9 cm³/mol. The SMILES string of the molecule is CCC(C)CSCC(N)C(N)=O. The quantitative estimate of drug-likeness (QED) is 0.643. The Hall–Kier alpha value is -0.220. The lowest BCUT2D eigenvalue weighted by atomic mass is 10.2. The van der Waals surface area contributed by atoms with Gasteiger partial charge in [0.05, 0.1) is 6.04 Å². The summed E-state index contributed by atoms with van der Waals surface area (Å²) in [5.41, 5.74) is 10.5. The molecular weight excluding hydrogens is 172 g/mol. The van der Waals surface area contributed by atoms with Crippen LogP contribution in [0.4, 0.5) is 0 Å². The minimum atomic E-state index is -0.487. The van der Waals surface area contributed by atoms with Crippen molar-refractivity contribution in [2.45, 2.75) is 26.3 Å². The predicted octanol–water partition coefficient (Wildman–Crippen LogP) is 0.578. The minimum absolute atomic E-state index is 0.411. The van der Waals surface area contributed by atoms with Crippen molar-refractivity contribution < 1.29 is 4.79 Å². The number of carbonyl (C=O) groups is 1. The Bertz CT molecular complexity index is 141. The van der Waals surface area contributed by atoms with Crippen molar-refractivity contribution in [3.63, 3.8) is 0 Å².